The monoisotopic (exact) mass is 326 g/mol. The Hall–Kier alpha value is -2.89. The molecule has 0 saturated heterocycles. The number of nitrogens with zero attached hydrogens (tertiary/aromatic N) is 2. The molecule has 6 nitrogen and oxygen atoms in total. The predicted octanol–water partition coefficient (Wildman–Crippen LogP) is 3.90. The molecule has 0 unspecified atom stereocenters. The van der Waals surface area contributed by atoms with Crippen LogP contribution in [-0.4, -0.2) is 22.0 Å². The van der Waals surface area contributed by atoms with Gasteiger partial charge >= 0.3 is 6.09 Å². The number of benzene rings is 2. The Morgan fingerprint density at radius 3 is 2.33 bits per heavy atom. The third-order valence-electron chi connectivity index (χ3n) is 3.93. The third-order valence-corrected chi connectivity index (χ3v) is 3.93. The van der Waals surface area contributed by atoms with E-state index in [2.05, 4.69) is 0 Å². The Morgan fingerprint density at radius 1 is 1.08 bits per heavy atom. The number of amides is 1. The van der Waals surface area contributed by atoms with Crippen molar-refractivity contribution < 1.29 is 14.5 Å². The fourth-order valence-electron chi connectivity index (χ4n) is 2.45. The number of nitro benzene ring substituents is 1. The van der Waals surface area contributed by atoms with Gasteiger partial charge in [0.05, 0.1) is 4.92 Å². The minimum atomic E-state index is -0.434. The number of hydrogen-bond acceptors (Lipinski definition) is 4. The quantitative estimate of drug-likeness (QED) is 0.596. The topological polar surface area (TPSA) is 72.7 Å². The van der Waals surface area contributed by atoms with Crippen LogP contribution in [0, 0.1) is 10.1 Å². The van der Waals surface area contributed by atoms with Crippen molar-refractivity contribution in [2.45, 2.75) is 32.0 Å². The molecule has 1 amide bonds. The van der Waals surface area contributed by atoms with Crippen molar-refractivity contribution in [3.63, 3.8) is 0 Å². The molecule has 0 heterocycles. The van der Waals surface area contributed by atoms with Crippen LogP contribution in [0.25, 0.3) is 0 Å². The van der Waals surface area contributed by atoms with Crippen LogP contribution in [0.4, 0.5) is 10.5 Å². The minimum Gasteiger partial charge on any atom is -0.445 e. The molecule has 0 aromatic heterocycles. The van der Waals surface area contributed by atoms with Crippen LogP contribution in [0.5, 0.6) is 0 Å². The highest BCUT2D eigenvalue weighted by Crippen LogP contribution is 2.29. The van der Waals surface area contributed by atoms with Crippen LogP contribution >= 0.6 is 0 Å². The first-order valence-corrected chi connectivity index (χ1v) is 7.84. The van der Waals surface area contributed by atoms with E-state index in [9.17, 15) is 14.9 Å². The van der Waals surface area contributed by atoms with Crippen LogP contribution in [0.2, 0.25) is 0 Å². The van der Waals surface area contributed by atoms with Crippen molar-refractivity contribution in [1.82, 2.24) is 4.90 Å². The first-order chi connectivity index (χ1) is 11.6. The molecule has 6 heteroatoms. The molecule has 1 saturated carbocycles. The Balaban J connectivity index is 1.61. The zero-order valence-electron chi connectivity index (χ0n) is 13.1. The summed E-state index contributed by atoms with van der Waals surface area (Å²) in [5.74, 6) is 0. The van der Waals surface area contributed by atoms with Gasteiger partial charge in [-0.2, -0.15) is 0 Å². The maximum Gasteiger partial charge on any atom is 0.410 e. The highest BCUT2D eigenvalue weighted by Gasteiger charge is 2.33. The normalized spacial score (nSPS) is 13.3. The number of ether oxygens (including phenoxy) is 1. The summed E-state index contributed by atoms with van der Waals surface area (Å²) in [5.41, 5.74) is 1.84. The number of rotatable bonds is 6. The van der Waals surface area contributed by atoms with Crippen molar-refractivity contribution >= 4 is 11.8 Å². The summed E-state index contributed by atoms with van der Waals surface area (Å²) >= 11 is 0. The van der Waals surface area contributed by atoms with Crippen molar-refractivity contribution in [3.8, 4) is 0 Å². The van der Waals surface area contributed by atoms with Crippen LogP contribution < -0.4 is 0 Å². The van der Waals surface area contributed by atoms with Gasteiger partial charge in [0.1, 0.15) is 6.61 Å². The largest absolute Gasteiger partial charge is 0.445 e. The number of hydrogen-bond donors (Lipinski definition) is 0. The smallest absolute Gasteiger partial charge is 0.410 e. The first kappa shape index (κ1) is 16.0. The highest BCUT2D eigenvalue weighted by molar-refractivity contribution is 5.68. The fourth-order valence-corrected chi connectivity index (χ4v) is 2.45. The van der Waals surface area contributed by atoms with Crippen LogP contribution in [0.3, 0.4) is 0 Å². The molecule has 1 aliphatic carbocycles. The summed E-state index contributed by atoms with van der Waals surface area (Å²) in [6.45, 7) is 0.638. The number of non-ortho nitro benzene ring substituents is 1. The van der Waals surface area contributed by atoms with Gasteiger partial charge in [0.2, 0.25) is 0 Å². The zero-order chi connectivity index (χ0) is 16.9. The molecule has 0 N–H and O–H groups in total. The summed E-state index contributed by atoms with van der Waals surface area (Å²) < 4.78 is 5.40. The molecular formula is C18H18N2O4. The molecule has 0 bridgehead atoms. The Morgan fingerprint density at radius 2 is 1.75 bits per heavy atom. The predicted molar refractivity (Wildman–Crippen MR) is 88.3 cm³/mol. The van der Waals surface area contributed by atoms with Crippen molar-refractivity contribution in [2.75, 3.05) is 0 Å². The van der Waals surface area contributed by atoms with E-state index >= 15 is 0 Å². The molecule has 2 aromatic rings. The molecule has 1 fully saturated rings. The highest BCUT2D eigenvalue weighted by atomic mass is 16.6. The SMILES string of the molecule is O=C(OCc1ccccc1)N(Cc1ccc([N+](=O)[O-])cc1)C1CC1. The van der Waals surface area contributed by atoms with E-state index in [4.69, 9.17) is 4.74 Å². The zero-order valence-corrected chi connectivity index (χ0v) is 13.1. The average Bonchev–Trinajstić information content (AvgIpc) is 3.44. The standard InChI is InChI=1S/C18H18N2O4/c21-18(24-13-15-4-2-1-3-5-15)19(16-10-11-16)12-14-6-8-17(9-7-14)20(22)23/h1-9,16H,10-13H2. The van der Waals surface area contributed by atoms with Crippen LogP contribution in [0.15, 0.2) is 54.6 Å². The van der Waals surface area contributed by atoms with E-state index in [-0.39, 0.29) is 24.4 Å². The lowest BCUT2D eigenvalue weighted by Crippen LogP contribution is -2.33. The van der Waals surface area contributed by atoms with Crippen LogP contribution in [-0.2, 0) is 17.9 Å². The summed E-state index contributed by atoms with van der Waals surface area (Å²) in [6.07, 6.45) is 1.58. The van der Waals surface area contributed by atoms with E-state index < -0.39 is 4.92 Å². The second-order valence-corrected chi connectivity index (χ2v) is 5.82. The molecule has 0 aliphatic heterocycles. The van der Waals surface area contributed by atoms with E-state index in [0.717, 1.165) is 24.0 Å². The van der Waals surface area contributed by atoms with Crippen molar-refractivity contribution in [3.05, 3.63) is 75.8 Å². The van der Waals surface area contributed by atoms with Gasteiger partial charge in [0, 0.05) is 24.7 Å². The second kappa shape index (κ2) is 7.12. The maximum atomic E-state index is 12.4. The third kappa shape index (κ3) is 4.10. The van der Waals surface area contributed by atoms with Gasteiger partial charge in [0.15, 0.2) is 0 Å². The van der Waals surface area contributed by atoms with E-state index in [1.54, 1.807) is 17.0 Å². The van der Waals surface area contributed by atoms with Gasteiger partial charge in [-0.25, -0.2) is 4.79 Å². The van der Waals surface area contributed by atoms with Gasteiger partial charge in [-0.15, -0.1) is 0 Å². The molecule has 24 heavy (non-hydrogen) atoms. The van der Waals surface area contributed by atoms with Gasteiger partial charge in [0.25, 0.3) is 5.69 Å². The molecule has 0 radical (unpaired) electrons. The Bertz CT molecular complexity index is 712. The number of carbonyl (C=O) groups is 1. The Kier molecular flexibility index (Phi) is 4.74. The lowest BCUT2D eigenvalue weighted by molar-refractivity contribution is -0.384. The summed E-state index contributed by atoms with van der Waals surface area (Å²) in [4.78, 5) is 24.3. The fraction of sp³-hybridized carbons (Fsp3) is 0.278. The second-order valence-electron chi connectivity index (χ2n) is 5.82. The minimum absolute atomic E-state index is 0.0448. The lowest BCUT2D eigenvalue weighted by Gasteiger charge is -2.22. The number of nitro groups is 1. The van der Waals surface area contributed by atoms with Crippen LogP contribution in [0.1, 0.15) is 24.0 Å². The molecule has 3 rings (SSSR count). The maximum absolute atomic E-state index is 12.4. The molecule has 1 aliphatic rings. The van der Waals surface area contributed by atoms with E-state index in [1.165, 1.54) is 12.1 Å². The molecule has 0 spiro atoms. The van der Waals surface area contributed by atoms with E-state index in [1.807, 2.05) is 30.3 Å². The molecule has 0 atom stereocenters. The van der Waals surface area contributed by atoms with Crippen molar-refractivity contribution in [2.24, 2.45) is 0 Å². The van der Waals surface area contributed by atoms with Gasteiger partial charge in [-0.3, -0.25) is 10.1 Å². The lowest BCUT2D eigenvalue weighted by atomic mass is 10.2. The first-order valence-electron chi connectivity index (χ1n) is 7.84. The van der Waals surface area contributed by atoms with Gasteiger partial charge < -0.3 is 9.64 Å². The average molecular weight is 326 g/mol. The molecule has 124 valence electrons. The summed E-state index contributed by atoms with van der Waals surface area (Å²) in [6, 6.07) is 16.0. The number of carbonyl (C=O) groups excluding carboxylic acids is 1. The summed E-state index contributed by atoms with van der Waals surface area (Å²) in [5, 5.41) is 10.7. The van der Waals surface area contributed by atoms with Gasteiger partial charge in [-0.05, 0) is 24.0 Å². The Labute approximate surface area is 139 Å². The molecular weight excluding hydrogens is 308 g/mol. The van der Waals surface area contributed by atoms with Gasteiger partial charge in [-0.1, -0.05) is 42.5 Å². The van der Waals surface area contributed by atoms with Crippen molar-refractivity contribution in [1.29, 1.82) is 0 Å². The molecule has 2 aromatic carbocycles. The van der Waals surface area contributed by atoms with E-state index in [0.29, 0.717) is 6.54 Å². The summed E-state index contributed by atoms with van der Waals surface area (Å²) in [7, 11) is 0.